The Morgan fingerprint density at radius 2 is 1.81 bits per heavy atom. The van der Waals surface area contributed by atoms with Crippen LogP contribution in [0, 0.1) is 0 Å². The summed E-state index contributed by atoms with van der Waals surface area (Å²) in [7, 11) is -14.9. The lowest BCUT2D eigenvalue weighted by molar-refractivity contribution is -0.0577. The van der Waals surface area contributed by atoms with Crippen molar-refractivity contribution < 1.29 is 60.6 Å². The molecule has 0 aromatic carbocycles. The van der Waals surface area contributed by atoms with Gasteiger partial charge in [0.1, 0.15) is 18.3 Å². The van der Waals surface area contributed by atoms with Crippen LogP contribution in [0.25, 0.3) is 11.2 Å². The average Bonchev–Trinajstić information content (AvgIpc) is 3.31. The summed E-state index contributed by atoms with van der Waals surface area (Å²) in [5.74, 6) is -0.219. The van der Waals surface area contributed by atoms with E-state index in [9.17, 15) is 38.3 Å². The molecule has 0 spiro atoms. The second-order valence-corrected chi connectivity index (χ2v) is 12.2. The molecule has 1 fully saturated rings. The number of H-pyrrole nitrogens is 1. The van der Waals surface area contributed by atoms with E-state index in [1.807, 2.05) is 0 Å². The zero-order valence-electron chi connectivity index (χ0n) is 19.3. The van der Waals surface area contributed by atoms with Gasteiger partial charge in [-0.1, -0.05) is 13.3 Å². The lowest BCUT2D eigenvalue weighted by atomic mass is 10.1. The molecular weight excluding hydrogens is 567 g/mol. The van der Waals surface area contributed by atoms with Crippen molar-refractivity contribution in [2.75, 3.05) is 26.1 Å². The fraction of sp³-hybridized carbons (Fsp3) is 0.667. The summed E-state index contributed by atoms with van der Waals surface area (Å²) in [4.78, 5) is 51.1. The Balaban J connectivity index is 1.68. The van der Waals surface area contributed by atoms with Gasteiger partial charge < -0.3 is 35.0 Å². The maximum absolute atomic E-state index is 12.2. The lowest BCUT2D eigenvalue weighted by Crippen LogP contribution is -2.35. The van der Waals surface area contributed by atoms with Crippen molar-refractivity contribution in [2.45, 2.75) is 44.3 Å². The number of nitrogen functional groups attached to an aromatic ring is 1. The molecule has 2 aromatic heterocycles. The summed E-state index contributed by atoms with van der Waals surface area (Å²) in [6, 6.07) is 0. The van der Waals surface area contributed by atoms with Crippen LogP contribution >= 0.6 is 23.5 Å². The largest absolute Gasteiger partial charge is 0.490 e. The molecule has 7 atom stereocenters. The first kappa shape index (κ1) is 30.0. The highest BCUT2D eigenvalue weighted by molar-refractivity contribution is 7.66. The number of imidazole rings is 1. The molecule has 0 amide bonds. The molecule has 0 bridgehead atoms. The third kappa shape index (κ3) is 7.52. The molecule has 0 radical (unpaired) electrons. The number of nitrogens with zero attached hydrogens (tertiary/aromatic N) is 3. The van der Waals surface area contributed by atoms with Gasteiger partial charge >= 0.3 is 23.5 Å². The second-order valence-electron chi connectivity index (χ2n) is 7.58. The fourth-order valence-corrected chi connectivity index (χ4v) is 6.82. The van der Waals surface area contributed by atoms with E-state index in [2.05, 4.69) is 32.6 Å². The van der Waals surface area contributed by atoms with E-state index in [4.69, 9.17) is 15.2 Å². The van der Waals surface area contributed by atoms with Crippen molar-refractivity contribution in [2.24, 2.45) is 0 Å². The van der Waals surface area contributed by atoms with Crippen LogP contribution in [0.1, 0.15) is 26.0 Å². The molecule has 1 aliphatic rings. The van der Waals surface area contributed by atoms with Crippen molar-refractivity contribution in [1.82, 2.24) is 19.5 Å². The molecule has 210 valence electrons. The zero-order chi connectivity index (χ0) is 27.6. The van der Waals surface area contributed by atoms with E-state index in [1.54, 1.807) is 6.92 Å². The van der Waals surface area contributed by atoms with Gasteiger partial charge in [0.25, 0.3) is 5.56 Å². The molecule has 1 saturated heterocycles. The Labute approximate surface area is 208 Å². The molecule has 7 N–H and O–H groups in total. The molecule has 22 heteroatoms. The standard InChI is InChI=1S/C15H26N5O14P3/c1-3-4-5-30-35(23,24)33-37(27,28)34-36(25,26)31-6-8-10(21)11(29-2)14(32-8)20-7-17-9-12(20)18-15(16)19-13(9)22/h7-8,10-11,14,21H,3-6H2,1-2H3,(H,23,24)(H,25,26)(H,27,28)(H3,16,18,19,22)/t8-,10?,11?,14-/m1/s1. The molecule has 2 aromatic rings. The summed E-state index contributed by atoms with van der Waals surface area (Å²) in [5.41, 5.74) is 4.84. The third-order valence-corrected chi connectivity index (χ3v) is 9.16. The maximum Gasteiger partial charge on any atom is 0.490 e. The molecule has 1 aliphatic heterocycles. The number of aromatic nitrogens is 4. The van der Waals surface area contributed by atoms with Gasteiger partial charge in [-0.25, -0.2) is 18.7 Å². The number of aromatic amines is 1. The van der Waals surface area contributed by atoms with Crippen LogP contribution in [0.2, 0.25) is 0 Å². The predicted octanol–water partition coefficient (Wildman–Crippen LogP) is 0.143. The van der Waals surface area contributed by atoms with Crippen molar-refractivity contribution >= 4 is 40.6 Å². The number of hydrogen-bond donors (Lipinski definition) is 6. The summed E-state index contributed by atoms with van der Waals surface area (Å²) < 4.78 is 65.1. The van der Waals surface area contributed by atoms with E-state index in [0.717, 1.165) is 0 Å². The van der Waals surface area contributed by atoms with Crippen LogP contribution in [0.5, 0.6) is 0 Å². The van der Waals surface area contributed by atoms with E-state index >= 15 is 0 Å². The number of hydrogen-bond acceptors (Lipinski definition) is 14. The zero-order valence-corrected chi connectivity index (χ0v) is 22.0. The van der Waals surface area contributed by atoms with Crippen LogP contribution in [0.3, 0.4) is 0 Å². The van der Waals surface area contributed by atoms with Crippen molar-refractivity contribution in [3.8, 4) is 0 Å². The molecule has 37 heavy (non-hydrogen) atoms. The SMILES string of the molecule is CCCCOP(=O)(O)OP(=O)(O)OP(=O)(O)OC[C@H]1O[C@@H](n2cnc3c(=O)[nH]c(N)nc32)C(OC)C1O. The Morgan fingerprint density at radius 3 is 2.43 bits per heavy atom. The van der Waals surface area contributed by atoms with Gasteiger partial charge in [0.2, 0.25) is 5.95 Å². The summed E-state index contributed by atoms with van der Waals surface area (Å²) in [5, 5.41) is 10.6. The molecule has 3 rings (SSSR count). The Hall–Kier alpha value is -1.56. The quantitative estimate of drug-likeness (QED) is 0.133. The van der Waals surface area contributed by atoms with E-state index in [-0.39, 0.29) is 23.7 Å². The summed E-state index contributed by atoms with van der Waals surface area (Å²) >= 11 is 0. The number of methoxy groups -OCH3 is 1. The number of unbranched alkanes of at least 4 members (excludes halogenated alkanes) is 1. The van der Waals surface area contributed by atoms with E-state index < -0.39 is 60.2 Å². The lowest BCUT2D eigenvalue weighted by Gasteiger charge is -2.20. The number of rotatable bonds is 13. The number of ether oxygens (including phenoxy) is 2. The molecule has 19 nitrogen and oxygen atoms in total. The number of nitrogens with one attached hydrogen (secondary N) is 1. The highest BCUT2D eigenvalue weighted by atomic mass is 31.3. The van der Waals surface area contributed by atoms with Gasteiger partial charge in [-0.15, -0.1) is 0 Å². The summed E-state index contributed by atoms with van der Waals surface area (Å²) in [6.45, 7) is 0.566. The van der Waals surface area contributed by atoms with Gasteiger partial charge in [-0.2, -0.15) is 13.6 Å². The minimum atomic E-state index is -5.64. The number of phosphoric acid groups is 3. The number of aliphatic hydroxyl groups is 1. The smallest absolute Gasteiger partial charge is 0.387 e. The molecule has 0 aliphatic carbocycles. The molecule has 3 heterocycles. The Morgan fingerprint density at radius 1 is 1.16 bits per heavy atom. The highest BCUT2D eigenvalue weighted by Gasteiger charge is 2.48. The van der Waals surface area contributed by atoms with Gasteiger partial charge in [0.15, 0.2) is 17.4 Å². The first-order valence-electron chi connectivity index (χ1n) is 10.5. The first-order valence-corrected chi connectivity index (χ1v) is 15.0. The first-order chi connectivity index (χ1) is 17.2. The van der Waals surface area contributed by atoms with Crippen molar-refractivity contribution in [1.29, 1.82) is 0 Å². The second kappa shape index (κ2) is 11.7. The minimum Gasteiger partial charge on any atom is -0.387 e. The highest BCUT2D eigenvalue weighted by Crippen LogP contribution is 2.67. The maximum atomic E-state index is 12.2. The fourth-order valence-electron chi connectivity index (χ4n) is 3.28. The van der Waals surface area contributed by atoms with Crippen LogP contribution in [0.15, 0.2) is 11.1 Å². The van der Waals surface area contributed by atoms with Crippen LogP contribution < -0.4 is 11.3 Å². The summed E-state index contributed by atoms with van der Waals surface area (Å²) in [6.07, 6.45) is -3.08. The molecule has 0 saturated carbocycles. The number of anilines is 1. The number of aliphatic hydroxyl groups excluding tert-OH is 1. The number of nitrogens with two attached hydrogens (primary N) is 1. The Kier molecular flexibility index (Phi) is 9.46. The molecule has 5 unspecified atom stereocenters. The minimum absolute atomic E-state index is 0.00816. The van der Waals surface area contributed by atoms with Crippen LogP contribution in [-0.2, 0) is 40.8 Å². The average molecular weight is 593 g/mol. The van der Waals surface area contributed by atoms with Crippen LogP contribution in [0.4, 0.5) is 5.95 Å². The predicted molar refractivity (Wildman–Crippen MR) is 122 cm³/mol. The topological polar surface area (TPSA) is 277 Å². The van der Waals surface area contributed by atoms with Crippen LogP contribution in [-0.4, -0.2) is 77.9 Å². The Bertz CT molecular complexity index is 1300. The van der Waals surface area contributed by atoms with E-state index in [0.29, 0.717) is 12.8 Å². The van der Waals surface area contributed by atoms with Gasteiger partial charge in [-0.05, 0) is 6.42 Å². The van der Waals surface area contributed by atoms with Gasteiger partial charge in [0, 0.05) is 7.11 Å². The van der Waals surface area contributed by atoms with Gasteiger partial charge in [-0.3, -0.25) is 23.4 Å². The molecular formula is C15H26N5O14P3. The van der Waals surface area contributed by atoms with Crippen molar-refractivity contribution in [3.05, 3.63) is 16.7 Å². The monoisotopic (exact) mass is 593 g/mol. The van der Waals surface area contributed by atoms with Gasteiger partial charge in [0.05, 0.1) is 19.5 Å². The number of fused-ring (bicyclic) bond motifs is 1. The normalized spacial score (nSPS) is 27.1. The third-order valence-electron chi connectivity index (χ3n) is 4.88. The number of phosphoric ester groups is 2. The van der Waals surface area contributed by atoms with Crippen molar-refractivity contribution in [3.63, 3.8) is 0 Å². The van der Waals surface area contributed by atoms with E-state index in [1.165, 1.54) is 18.0 Å².